The summed E-state index contributed by atoms with van der Waals surface area (Å²) in [5.74, 6) is 0.377. The number of piperidine rings is 1. The van der Waals surface area contributed by atoms with Gasteiger partial charge in [-0.25, -0.2) is 8.42 Å². The Morgan fingerprint density at radius 2 is 2.00 bits per heavy atom. The van der Waals surface area contributed by atoms with Gasteiger partial charge in [-0.05, 0) is 67.6 Å². The Morgan fingerprint density at radius 3 is 2.69 bits per heavy atom. The van der Waals surface area contributed by atoms with Crippen LogP contribution in [0.25, 0.3) is 0 Å². The second-order valence-electron chi connectivity index (χ2n) is 7.68. The molecule has 2 heterocycles. The minimum atomic E-state index is -3.52. The number of hydrogen-bond donors (Lipinski definition) is 2. The molecule has 0 spiro atoms. The highest BCUT2D eigenvalue weighted by Gasteiger charge is 2.32. The molecule has 0 unspecified atom stereocenters. The third-order valence-electron chi connectivity index (χ3n) is 5.93. The van der Waals surface area contributed by atoms with E-state index in [1.54, 1.807) is 17.7 Å². The van der Waals surface area contributed by atoms with Crippen LogP contribution in [0.1, 0.15) is 36.2 Å². The number of rotatable bonds is 5. The number of amides is 1. The van der Waals surface area contributed by atoms with Gasteiger partial charge in [-0.3, -0.25) is 9.89 Å². The predicted octanol–water partition coefficient (Wildman–Crippen LogP) is 1.68. The lowest BCUT2D eigenvalue weighted by molar-refractivity contribution is -0.126. The van der Waals surface area contributed by atoms with Gasteiger partial charge < -0.3 is 9.88 Å². The number of carbonyl (C=O) groups is 1. The fraction of sp³-hybridized carbons (Fsp3) is 0.526. The molecule has 1 fully saturated rings. The molecular weight excluding hydrogens is 410 g/mol. The van der Waals surface area contributed by atoms with Gasteiger partial charge in [0.05, 0.1) is 11.4 Å². The number of aromatic nitrogens is 3. The Labute approximate surface area is 175 Å². The molecule has 8 nitrogen and oxygen atoms in total. The third kappa shape index (κ3) is 4.01. The zero-order chi connectivity index (χ0) is 20.6. The zero-order valence-electron chi connectivity index (χ0n) is 16.3. The lowest BCUT2D eigenvalue weighted by Crippen LogP contribution is -2.43. The normalized spacial score (nSPS) is 18.0. The summed E-state index contributed by atoms with van der Waals surface area (Å²) < 4.78 is 29.7. The van der Waals surface area contributed by atoms with E-state index in [0.717, 1.165) is 24.8 Å². The van der Waals surface area contributed by atoms with Crippen LogP contribution >= 0.6 is 12.2 Å². The quantitative estimate of drug-likeness (QED) is 0.696. The number of sulfonamides is 1. The van der Waals surface area contributed by atoms with Crippen molar-refractivity contribution < 1.29 is 13.2 Å². The van der Waals surface area contributed by atoms with Crippen molar-refractivity contribution in [3.8, 4) is 0 Å². The Morgan fingerprint density at radius 1 is 1.28 bits per heavy atom. The van der Waals surface area contributed by atoms with Crippen LogP contribution in [0.15, 0.2) is 23.1 Å². The summed E-state index contributed by atoms with van der Waals surface area (Å²) >= 11 is 5.06. The molecule has 0 saturated carbocycles. The number of aryl methyl sites for hydroxylation is 2. The molecular formula is C19H25N5O3S2. The molecule has 1 aliphatic heterocycles. The fourth-order valence-corrected chi connectivity index (χ4v) is 5.74. The molecule has 2 N–H and O–H groups in total. The van der Waals surface area contributed by atoms with E-state index in [1.165, 1.54) is 9.87 Å². The Hall–Kier alpha value is -2.04. The van der Waals surface area contributed by atoms with E-state index in [-0.39, 0.29) is 18.4 Å². The standard InChI is InChI=1S/C19H25N5O3S2/c1-23-17(21-22-19(23)28)12-20-18(25)14-7-9-24(10-8-14)29(26,27)16-6-5-13-3-2-4-15(13)11-16/h5-6,11,14H,2-4,7-10,12H2,1H3,(H,20,25)(H,22,28). The van der Waals surface area contributed by atoms with Crippen molar-refractivity contribution in [3.63, 3.8) is 0 Å². The number of fused-ring (bicyclic) bond motifs is 1. The summed E-state index contributed by atoms with van der Waals surface area (Å²) in [6, 6.07) is 5.49. The fourth-order valence-electron chi connectivity index (χ4n) is 4.06. The first-order valence-electron chi connectivity index (χ1n) is 9.86. The van der Waals surface area contributed by atoms with E-state index in [0.29, 0.717) is 41.4 Å². The molecule has 0 bridgehead atoms. The van der Waals surface area contributed by atoms with Gasteiger partial charge in [0.1, 0.15) is 0 Å². The topological polar surface area (TPSA) is 100 Å². The highest BCUT2D eigenvalue weighted by atomic mass is 32.2. The monoisotopic (exact) mass is 435 g/mol. The number of nitrogens with zero attached hydrogens (tertiary/aromatic N) is 3. The summed E-state index contributed by atoms with van der Waals surface area (Å²) in [5, 5.41) is 9.64. The number of benzene rings is 1. The van der Waals surface area contributed by atoms with Gasteiger partial charge in [0.2, 0.25) is 15.9 Å². The predicted molar refractivity (Wildman–Crippen MR) is 110 cm³/mol. The first-order chi connectivity index (χ1) is 13.9. The molecule has 1 saturated heterocycles. The third-order valence-corrected chi connectivity index (χ3v) is 8.19. The molecule has 2 aromatic rings. The van der Waals surface area contributed by atoms with Crippen molar-refractivity contribution in [3.05, 3.63) is 39.9 Å². The van der Waals surface area contributed by atoms with E-state index in [9.17, 15) is 13.2 Å². The van der Waals surface area contributed by atoms with Crippen LogP contribution in [0, 0.1) is 10.7 Å². The average molecular weight is 436 g/mol. The maximum absolute atomic E-state index is 13.0. The second-order valence-corrected chi connectivity index (χ2v) is 10.0. The van der Waals surface area contributed by atoms with E-state index in [2.05, 4.69) is 15.5 Å². The maximum atomic E-state index is 13.0. The van der Waals surface area contributed by atoms with Crippen molar-refractivity contribution in [2.75, 3.05) is 13.1 Å². The Kier molecular flexibility index (Phi) is 5.58. The molecule has 10 heteroatoms. The van der Waals surface area contributed by atoms with Crippen molar-refractivity contribution in [1.82, 2.24) is 24.4 Å². The number of nitrogens with one attached hydrogen (secondary N) is 2. The van der Waals surface area contributed by atoms with Crippen LogP contribution in [-0.2, 0) is 41.3 Å². The Balaban J connectivity index is 1.35. The van der Waals surface area contributed by atoms with Crippen LogP contribution in [-0.4, -0.2) is 46.5 Å². The minimum Gasteiger partial charge on any atom is -0.349 e. The van der Waals surface area contributed by atoms with Gasteiger partial charge in [0.15, 0.2) is 10.6 Å². The lowest BCUT2D eigenvalue weighted by atomic mass is 9.97. The van der Waals surface area contributed by atoms with Gasteiger partial charge in [0, 0.05) is 26.1 Å². The average Bonchev–Trinajstić information content (AvgIpc) is 3.32. The summed E-state index contributed by atoms with van der Waals surface area (Å²) in [7, 11) is -1.73. The largest absolute Gasteiger partial charge is 0.349 e. The van der Waals surface area contributed by atoms with E-state index in [4.69, 9.17) is 12.2 Å². The van der Waals surface area contributed by atoms with Gasteiger partial charge in [0.25, 0.3) is 0 Å². The molecule has 29 heavy (non-hydrogen) atoms. The van der Waals surface area contributed by atoms with Gasteiger partial charge in [-0.2, -0.15) is 9.40 Å². The van der Waals surface area contributed by atoms with Gasteiger partial charge in [-0.1, -0.05) is 6.07 Å². The first kappa shape index (κ1) is 20.2. The molecule has 1 aromatic carbocycles. The Bertz CT molecular complexity index is 1080. The number of H-pyrrole nitrogens is 1. The highest BCUT2D eigenvalue weighted by Crippen LogP contribution is 2.28. The molecule has 2 aliphatic rings. The minimum absolute atomic E-state index is 0.0755. The first-order valence-corrected chi connectivity index (χ1v) is 11.7. The van der Waals surface area contributed by atoms with Crippen LogP contribution < -0.4 is 5.32 Å². The van der Waals surface area contributed by atoms with Crippen molar-refractivity contribution >= 4 is 28.1 Å². The molecule has 1 amide bonds. The summed E-state index contributed by atoms with van der Waals surface area (Å²) in [6.45, 7) is 0.990. The highest BCUT2D eigenvalue weighted by molar-refractivity contribution is 7.89. The molecule has 0 atom stereocenters. The van der Waals surface area contributed by atoms with E-state index >= 15 is 0 Å². The number of aromatic amines is 1. The van der Waals surface area contributed by atoms with Crippen molar-refractivity contribution in [2.45, 2.75) is 43.5 Å². The maximum Gasteiger partial charge on any atom is 0.243 e. The molecule has 156 valence electrons. The summed E-state index contributed by atoms with van der Waals surface area (Å²) in [5.41, 5.74) is 2.40. The number of carbonyl (C=O) groups excluding carboxylic acids is 1. The van der Waals surface area contributed by atoms with Crippen molar-refractivity contribution in [2.24, 2.45) is 13.0 Å². The zero-order valence-corrected chi connectivity index (χ0v) is 18.0. The van der Waals surface area contributed by atoms with Gasteiger partial charge >= 0.3 is 0 Å². The molecule has 1 aromatic heterocycles. The summed E-state index contributed by atoms with van der Waals surface area (Å²) in [6.07, 6.45) is 4.08. The van der Waals surface area contributed by atoms with Gasteiger partial charge in [-0.15, -0.1) is 0 Å². The smallest absolute Gasteiger partial charge is 0.243 e. The molecule has 0 radical (unpaired) electrons. The van der Waals surface area contributed by atoms with Crippen LogP contribution in [0.2, 0.25) is 0 Å². The second kappa shape index (κ2) is 8.00. The lowest BCUT2D eigenvalue weighted by Gasteiger charge is -2.30. The van der Waals surface area contributed by atoms with Crippen LogP contribution in [0.3, 0.4) is 0 Å². The van der Waals surface area contributed by atoms with E-state index < -0.39 is 10.0 Å². The van der Waals surface area contributed by atoms with Crippen LogP contribution in [0.4, 0.5) is 0 Å². The SMILES string of the molecule is Cn1c(CNC(=O)C2CCN(S(=O)(=O)c3ccc4c(c3)CCC4)CC2)n[nH]c1=S. The molecule has 1 aliphatic carbocycles. The van der Waals surface area contributed by atoms with Crippen molar-refractivity contribution in [1.29, 1.82) is 0 Å². The number of hydrogen-bond acceptors (Lipinski definition) is 5. The van der Waals surface area contributed by atoms with E-state index in [1.807, 2.05) is 12.1 Å². The molecule has 4 rings (SSSR count). The van der Waals surface area contributed by atoms with Crippen LogP contribution in [0.5, 0.6) is 0 Å². The summed E-state index contributed by atoms with van der Waals surface area (Å²) in [4.78, 5) is 12.9.